The van der Waals surface area contributed by atoms with E-state index in [4.69, 9.17) is 13.8 Å². The molecule has 85 heavy (non-hydrogen) atoms. The zero-order valence-electron chi connectivity index (χ0n) is 56.0. The number of allylic oxidation sites excluding steroid dienone is 17. The Morgan fingerprint density at radius 3 is 1.15 bits per heavy atom. The summed E-state index contributed by atoms with van der Waals surface area (Å²) in [5.41, 5.74) is 0. The topological polar surface area (TPSA) is 114 Å². The normalized spacial score (nSPS) is 14.2. The molecule has 0 aliphatic heterocycles. The van der Waals surface area contributed by atoms with Gasteiger partial charge >= 0.3 is 5.97 Å². The molecule has 0 rings (SSSR count). The molecule has 0 radical (unpaired) electrons. The molecule has 3 unspecified atom stereocenters. The van der Waals surface area contributed by atoms with Gasteiger partial charge in [-0.05, 0) is 115 Å². The Bertz CT molecular complexity index is 1820. The first kappa shape index (κ1) is 81.7. The van der Waals surface area contributed by atoms with Crippen molar-refractivity contribution in [2.45, 2.75) is 315 Å². The molecule has 9 nitrogen and oxygen atoms in total. The van der Waals surface area contributed by atoms with Gasteiger partial charge in [0.2, 0.25) is 5.91 Å². The van der Waals surface area contributed by atoms with Crippen LogP contribution in [-0.4, -0.2) is 69.4 Å². The van der Waals surface area contributed by atoms with Crippen molar-refractivity contribution in [2.75, 3.05) is 40.9 Å². The smallest absolute Gasteiger partial charge is 0.306 e. The van der Waals surface area contributed by atoms with E-state index in [-0.39, 0.29) is 24.9 Å². The summed E-state index contributed by atoms with van der Waals surface area (Å²) in [6, 6.07) is -0.902. The fraction of sp³-hybridized carbons (Fsp3) is 0.733. The minimum atomic E-state index is -4.71. The first-order valence-corrected chi connectivity index (χ1v) is 36.7. The lowest BCUT2D eigenvalue weighted by atomic mass is 10.0. The number of amides is 1. The van der Waals surface area contributed by atoms with E-state index >= 15 is 0 Å². The van der Waals surface area contributed by atoms with E-state index in [1.54, 1.807) is 0 Å². The highest BCUT2D eigenvalue weighted by Crippen LogP contribution is 2.38. The fourth-order valence-electron chi connectivity index (χ4n) is 9.79. The van der Waals surface area contributed by atoms with Gasteiger partial charge in [0.15, 0.2) is 0 Å². The second kappa shape index (κ2) is 63.7. The van der Waals surface area contributed by atoms with Crippen molar-refractivity contribution in [2.24, 2.45) is 0 Å². The average molecular weight is 1210 g/mol. The SMILES string of the molecule is CC/C=C\C/C=C\C/C=C\C/C=C\C/C=C\CCCCCCCCCC(=O)NC(COP(=O)([O-])OCC[N+](C)(C)C)C(/C=C/CCCCCCCCCCC)OC(=O)CCCCCCCCCCCCCC/C=C\C/C=C\C/C=C\CCCCC. The van der Waals surface area contributed by atoms with E-state index in [9.17, 15) is 19.0 Å². The number of hydrogen-bond acceptors (Lipinski definition) is 7. The molecule has 0 saturated heterocycles. The van der Waals surface area contributed by atoms with Crippen LogP contribution in [-0.2, 0) is 27.9 Å². The number of unbranched alkanes of at least 4 members (excludes halogenated alkanes) is 31. The van der Waals surface area contributed by atoms with Crippen molar-refractivity contribution in [1.29, 1.82) is 0 Å². The molecule has 1 amide bonds. The Morgan fingerprint density at radius 2 is 0.753 bits per heavy atom. The van der Waals surface area contributed by atoms with E-state index in [0.29, 0.717) is 17.4 Å². The average Bonchev–Trinajstić information content (AvgIpc) is 3.62. The van der Waals surface area contributed by atoms with Crippen LogP contribution in [0.3, 0.4) is 0 Å². The molecule has 0 bridgehead atoms. The van der Waals surface area contributed by atoms with Crippen molar-refractivity contribution >= 4 is 19.7 Å². The molecular formula is C75H133N2O7P. The number of ether oxygens (including phenoxy) is 1. The van der Waals surface area contributed by atoms with Crippen molar-refractivity contribution < 1.29 is 37.3 Å². The van der Waals surface area contributed by atoms with Gasteiger partial charge in [-0.1, -0.05) is 285 Å². The number of hydrogen-bond donors (Lipinski definition) is 1. The summed E-state index contributed by atoms with van der Waals surface area (Å²) in [6.45, 7) is 6.70. The second-order valence-corrected chi connectivity index (χ2v) is 26.1. The third-order valence-corrected chi connectivity index (χ3v) is 16.2. The van der Waals surface area contributed by atoms with Crippen LogP contribution in [0.1, 0.15) is 303 Å². The van der Waals surface area contributed by atoms with Crippen LogP contribution in [0.5, 0.6) is 0 Å². The van der Waals surface area contributed by atoms with Gasteiger partial charge < -0.3 is 28.5 Å². The Hall–Kier alpha value is -3.33. The molecule has 0 aromatic rings. The van der Waals surface area contributed by atoms with Gasteiger partial charge in [-0.15, -0.1) is 0 Å². The molecule has 0 fully saturated rings. The van der Waals surface area contributed by atoms with E-state index in [1.165, 1.54) is 154 Å². The van der Waals surface area contributed by atoms with Crippen LogP contribution in [0.25, 0.3) is 0 Å². The Morgan fingerprint density at radius 1 is 0.424 bits per heavy atom. The summed E-state index contributed by atoms with van der Waals surface area (Å²) in [5.74, 6) is -0.556. The number of phosphoric ester groups is 1. The lowest BCUT2D eigenvalue weighted by molar-refractivity contribution is -0.870. The van der Waals surface area contributed by atoms with Gasteiger partial charge in [-0.25, -0.2) is 0 Å². The molecule has 1 N–H and O–H groups in total. The Kier molecular flexibility index (Phi) is 61.2. The summed E-state index contributed by atoms with van der Waals surface area (Å²) >= 11 is 0. The van der Waals surface area contributed by atoms with E-state index < -0.39 is 26.6 Å². The number of quaternary nitrogens is 1. The number of carbonyl (C=O) groups is 2. The van der Waals surface area contributed by atoms with Gasteiger partial charge in [0.1, 0.15) is 19.3 Å². The van der Waals surface area contributed by atoms with Crippen molar-refractivity contribution in [3.8, 4) is 0 Å². The van der Waals surface area contributed by atoms with Crippen molar-refractivity contribution in [3.63, 3.8) is 0 Å². The van der Waals surface area contributed by atoms with Crippen LogP contribution in [0.2, 0.25) is 0 Å². The van der Waals surface area contributed by atoms with E-state index in [1.807, 2.05) is 33.3 Å². The standard InChI is InChI=1S/C75H133N2O7P/c1-7-10-13-16-19-22-25-27-29-31-33-35-37-38-40-42-44-46-48-50-53-56-59-62-65-68-75(79)84-73(66-63-60-57-54-51-24-21-18-15-12-9-3)72(71-83-85(80,81)82-70-69-77(4,5)6)76-74(78)67-64-61-58-55-52-49-47-45-43-41-39-36-34-32-30-28-26-23-20-17-14-11-8-2/h11,14,19-20,22-23,27-30,33-36,41,43,63,66,72-73H,7-10,12-13,15-18,21,24-26,31-32,37-40,42,44-62,64-65,67-71H2,1-6H3,(H-,76,78,80,81)/b14-11-,22-19-,23-20-,29-27-,30-28-,35-33-,36-34-,43-41-,66-63+. The highest BCUT2D eigenvalue weighted by molar-refractivity contribution is 7.45. The van der Waals surface area contributed by atoms with Crippen molar-refractivity contribution in [1.82, 2.24) is 5.32 Å². The van der Waals surface area contributed by atoms with Crippen LogP contribution >= 0.6 is 7.82 Å². The van der Waals surface area contributed by atoms with E-state index in [2.05, 4.69) is 123 Å². The molecule has 0 saturated carbocycles. The first-order valence-electron chi connectivity index (χ1n) is 35.2. The zero-order valence-corrected chi connectivity index (χ0v) is 56.9. The number of likely N-dealkylation sites (N-methyl/N-ethyl adjacent to an activating group) is 1. The molecule has 0 heterocycles. The predicted octanol–water partition coefficient (Wildman–Crippen LogP) is 21.8. The molecule has 3 atom stereocenters. The lowest BCUT2D eigenvalue weighted by Gasteiger charge is -2.30. The molecule has 0 aromatic heterocycles. The summed E-state index contributed by atoms with van der Waals surface area (Å²) in [4.78, 5) is 40.2. The van der Waals surface area contributed by atoms with Crippen molar-refractivity contribution in [3.05, 3.63) is 109 Å². The minimum absolute atomic E-state index is 0.0296. The van der Waals surface area contributed by atoms with Gasteiger partial charge in [-0.2, -0.15) is 0 Å². The summed E-state index contributed by atoms with van der Waals surface area (Å²) in [5, 5.41) is 3.03. The number of nitrogens with zero attached hydrogens (tertiary/aromatic N) is 1. The van der Waals surface area contributed by atoms with Crippen LogP contribution in [0.4, 0.5) is 0 Å². The third-order valence-electron chi connectivity index (χ3n) is 15.2. The largest absolute Gasteiger partial charge is 0.756 e. The number of carbonyl (C=O) groups excluding carboxylic acids is 2. The summed E-state index contributed by atoms with van der Waals surface area (Å²) in [6.07, 6.45) is 87.8. The maximum Gasteiger partial charge on any atom is 0.306 e. The summed E-state index contributed by atoms with van der Waals surface area (Å²) < 4.78 is 30.4. The number of phosphoric acid groups is 1. The molecule has 0 aromatic carbocycles. The van der Waals surface area contributed by atoms with Crippen LogP contribution < -0.4 is 10.2 Å². The van der Waals surface area contributed by atoms with Gasteiger partial charge in [-0.3, -0.25) is 14.2 Å². The second-order valence-electron chi connectivity index (χ2n) is 24.6. The molecule has 10 heteroatoms. The molecule has 0 spiro atoms. The maximum absolute atomic E-state index is 13.6. The number of nitrogens with one attached hydrogen (secondary N) is 1. The number of rotatable bonds is 63. The maximum atomic E-state index is 13.6. The van der Waals surface area contributed by atoms with Gasteiger partial charge in [0.25, 0.3) is 7.82 Å². The molecule has 490 valence electrons. The predicted molar refractivity (Wildman–Crippen MR) is 367 cm³/mol. The molecular weight excluding hydrogens is 1070 g/mol. The van der Waals surface area contributed by atoms with Crippen LogP contribution in [0.15, 0.2) is 109 Å². The quantitative estimate of drug-likeness (QED) is 0.0212. The Labute approximate surface area is 525 Å². The first-order chi connectivity index (χ1) is 41.4. The van der Waals surface area contributed by atoms with E-state index in [0.717, 1.165) is 116 Å². The summed E-state index contributed by atoms with van der Waals surface area (Å²) in [7, 11) is 1.17. The van der Waals surface area contributed by atoms with Crippen LogP contribution in [0, 0.1) is 0 Å². The third kappa shape index (κ3) is 65.0. The molecule has 0 aliphatic carbocycles. The highest BCUT2D eigenvalue weighted by Gasteiger charge is 2.27. The monoisotopic (exact) mass is 1200 g/mol. The highest BCUT2D eigenvalue weighted by atomic mass is 31.2. The minimum Gasteiger partial charge on any atom is -0.756 e. The zero-order chi connectivity index (χ0) is 62.1. The van der Waals surface area contributed by atoms with Gasteiger partial charge in [0.05, 0.1) is 33.8 Å². The Balaban J connectivity index is 5.07. The van der Waals surface area contributed by atoms with Gasteiger partial charge in [0, 0.05) is 12.8 Å². The fourth-order valence-corrected chi connectivity index (χ4v) is 10.5. The number of esters is 1. The lowest BCUT2D eigenvalue weighted by Crippen LogP contribution is -2.47. The molecule has 0 aliphatic rings.